The first-order valence-corrected chi connectivity index (χ1v) is 26.7. The number of H-pyrrole nitrogens is 1. The van der Waals surface area contributed by atoms with E-state index in [-0.39, 0.29) is 53.4 Å². The molecular formula is C59H73N5O9. The number of benzene rings is 4. The molecule has 1 aromatic heterocycles. The van der Waals surface area contributed by atoms with Crippen LogP contribution in [0.2, 0.25) is 0 Å². The van der Waals surface area contributed by atoms with Gasteiger partial charge < -0.3 is 44.9 Å². The minimum absolute atomic E-state index is 0.00736. The van der Waals surface area contributed by atoms with E-state index < -0.39 is 17.7 Å². The average Bonchev–Trinajstić information content (AvgIpc) is 3.43. The molecule has 2 amide bonds. The highest BCUT2D eigenvalue weighted by molar-refractivity contribution is 5.87. The van der Waals surface area contributed by atoms with E-state index in [4.69, 9.17) is 9.47 Å². The fourth-order valence-electron chi connectivity index (χ4n) is 11.6. The number of fused-ring (bicyclic) bond motifs is 1. The van der Waals surface area contributed by atoms with E-state index in [1.54, 1.807) is 42.5 Å². The Labute approximate surface area is 428 Å². The van der Waals surface area contributed by atoms with Crippen LogP contribution in [0.25, 0.3) is 10.9 Å². The smallest absolute Gasteiger partial charge is 0.347 e. The van der Waals surface area contributed by atoms with E-state index in [9.17, 15) is 34.5 Å². The number of phenols is 1. The lowest BCUT2D eigenvalue weighted by molar-refractivity contribution is -0.164. The van der Waals surface area contributed by atoms with E-state index in [0.717, 1.165) is 103 Å². The number of carbonyl (C=O) groups is 3. The summed E-state index contributed by atoms with van der Waals surface area (Å²) in [6, 6.07) is 32.7. The molecule has 4 aliphatic rings. The Morgan fingerprint density at radius 1 is 0.685 bits per heavy atom. The third-order valence-corrected chi connectivity index (χ3v) is 16.2. The fraction of sp³-hybridized carbons (Fsp3) is 0.492. The predicted octanol–water partition coefficient (Wildman–Crippen LogP) is 7.30. The molecule has 1 aliphatic carbocycles. The van der Waals surface area contributed by atoms with Gasteiger partial charge in [0.2, 0.25) is 23.0 Å². The second-order valence-electron chi connectivity index (χ2n) is 21.2. The van der Waals surface area contributed by atoms with E-state index in [1.165, 1.54) is 17.7 Å². The summed E-state index contributed by atoms with van der Waals surface area (Å²) in [5, 5.41) is 37.4. The van der Waals surface area contributed by atoms with Crippen LogP contribution < -0.4 is 15.6 Å². The van der Waals surface area contributed by atoms with Crippen LogP contribution in [0.15, 0.2) is 114 Å². The van der Waals surface area contributed by atoms with Gasteiger partial charge in [0.1, 0.15) is 11.5 Å². The Bertz CT molecular complexity index is 2670. The van der Waals surface area contributed by atoms with E-state index in [0.29, 0.717) is 71.9 Å². The number of aliphatic hydroxyl groups is 2. The number of piperidine rings is 3. The van der Waals surface area contributed by atoms with Crippen molar-refractivity contribution in [3.05, 3.63) is 142 Å². The van der Waals surface area contributed by atoms with Gasteiger partial charge in [-0.25, -0.2) is 4.79 Å². The zero-order valence-corrected chi connectivity index (χ0v) is 42.0. The SMILES string of the molecule is O=C(C[C@H]1CC[C@H](C(=O)N2CCC(CNC[C@H](O)c3ccc(O)c4[nH]c(=O)ccc34)CC2)CC1)N1CCC(COc2cccc(C(O)(C(=O)OCC3CCN(Cc4ccccc4)CC3)c3ccccc3)c2)CC1. The van der Waals surface area contributed by atoms with Crippen LogP contribution in [0.3, 0.4) is 0 Å². The number of aromatic nitrogens is 1. The second-order valence-corrected chi connectivity index (χ2v) is 21.2. The molecule has 2 atom stereocenters. The summed E-state index contributed by atoms with van der Waals surface area (Å²) >= 11 is 0. The summed E-state index contributed by atoms with van der Waals surface area (Å²) in [5.41, 5.74) is 0.735. The molecule has 5 aromatic rings. The van der Waals surface area contributed by atoms with Crippen LogP contribution in [-0.4, -0.2) is 118 Å². The summed E-state index contributed by atoms with van der Waals surface area (Å²) in [6.45, 7) is 7.33. The number of hydrogen-bond acceptors (Lipinski definition) is 11. The first-order chi connectivity index (χ1) is 35.5. The van der Waals surface area contributed by atoms with Gasteiger partial charge in [-0.05, 0) is 148 Å². The summed E-state index contributed by atoms with van der Waals surface area (Å²) in [5.74, 6) is 1.43. The largest absolute Gasteiger partial charge is 0.506 e. The number of nitrogens with zero attached hydrogens (tertiary/aromatic N) is 3. The Kier molecular flexibility index (Phi) is 17.3. The minimum atomic E-state index is -2.01. The van der Waals surface area contributed by atoms with Crippen LogP contribution in [0.1, 0.15) is 99.0 Å². The highest BCUT2D eigenvalue weighted by atomic mass is 16.5. The molecular weight excluding hydrogens is 923 g/mol. The summed E-state index contributed by atoms with van der Waals surface area (Å²) in [6.07, 6.45) is 8.38. The van der Waals surface area contributed by atoms with Crippen molar-refractivity contribution in [2.45, 2.75) is 88.9 Å². The predicted molar refractivity (Wildman–Crippen MR) is 280 cm³/mol. The third kappa shape index (κ3) is 13.0. The van der Waals surface area contributed by atoms with E-state index in [1.807, 2.05) is 40.1 Å². The molecule has 1 saturated carbocycles. The van der Waals surface area contributed by atoms with Crippen molar-refractivity contribution in [2.24, 2.45) is 29.6 Å². The topological polar surface area (TPSA) is 185 Å². The van der Waals surface area contributed by atoms with Gasteiger partial charge in [-0.2, -0.15) is 0 Å². The van der Waals surface area contributed by atoms with E-state index in [2.05, 4.69) is 39.5 Å². The lowest BCUT2D eigenvalue weighted by Crippen LogP contribution is -2.44. The number of aromatic amines is 1. The molecule has 5 N–H and O–H groups in total. The minimum Gasteiger partial charge on any atom is -0.506 e. The summed E-state index contributed by atoms with van der Waals surface area (Å²) < 4.78 is 12.3. The zero-order chi connectivity index (χ0) is 50.7. The number of ether oxygens (including phenoxy) is 2. The molecule has 1 unspecified atom stereocenters. The molecule has 388 valence electrons. The molecule has 3 aliphatic heterocycles. The van der Waals surface area contributed by atoms with Crippen molar-refractivity contribution in [1.82, 2.24) is 25.0 Å². The third-order valence-electron chi connectivity index (χ3n) is 16.2. The van der Waals surface area contributed by atoms with Gasteiger partial charge in [-0.15, -0.1) is 0 Å². The Morgan fingerprint density at radius 2 is 1.33 bits per heavy atom. The van der Waals surface area contributed by atoms with Gasteiger partial charge in [0.15, 0.2) is 0 Å². The number of aromatic hydroxyl groups is 1. The van der Waals surface area contributed by atoms with Gasteiger partial charge in [0.05, 0.1) is 24.8 Å². The van der Waals surface area contributed by atoms with Crippen LogP contribution in [-0.2, 0) is 31.3 Å². The molecule has 0 bridgehead atoms. The number of aliphatic hydroxyl groups excluding tert-OH is 1. The molecule has 73 heavy (non-hydrogen) atoms. The van der Waals surface area contributed by atoms with Gasteiger partial charge in [0.25, 0.3) is 0 Å². The maximum Gasteiger partial charge on any atom is 0.347 e. The molecule has 14 heteroatoms. The zero-order valence-electron chi connectivity index (χ0n) is 42.0. The number of hydrogen-bond donors (Lipinski definition) is 5. The number of nitrogens with one attached hydrogen (secondary N) is 2. The number of pyridine rings is 1. The van der Waals surface area contributed by atoms with E-state index >= 15 is 0 Å². The van der Waals surface area contributed by atoms with Crippen molar-refractivity contribution in [3.8, 4) is 11.5 Å². The average molecular weight is 996 g/mol. The highest BCUT2D eigenvalue weighted by Gasteiger charge is 2.43. The number of rotatable bonds is 18. The standard InChI is InChI=1S/C59H73N5O9/c65-52-20-18-50(51-19-21-54(67)61-56(51)52)53(66)37-60-36-42-24-32-64(33-25-42)57(69)46-16-14-41(15-17-46)34-55(68)63-30-26-45(27-31-63)39-72-49-13-7-12-48(35-49)59(71,47-10-5-2-6-11-47)58(70)73-40-44-22-28-62(29-23-44)38-43-8-3-1-4-9-43/h1-13,18-21,35,41-42,44-46,53,60,65-66,71H,14-17,22-34,36-40H2,(H,61,67)/t41-,46-,53-,59?/m0/s1. The second kappa shape index (κ2) is 24.3. The monoisotopic (exact) mass is 996 g/mol. The molecule has 0 radical (unpaired) electrons. The Balaban J connectivity index is 0.668. The molecule has 4 fully saturated rings. The summed E-state index contributed by atoms with van der Waals surface area (Å²) in [4.78, 5) is 62.0. The van der Waals surface area contributed by atoms with Crippen LogP contribution in [0.5, 0.6) is 11.5 Å². The first-order valence-electron chi connectivity index (χ1n) is 26.7. The molecule has 14 nitrogen and oxygen atoms in total. The maximum absolute atomic E-state index is 14.0. The Morgan fingerprint density at radius 3 is 2.05 bits per heavy atom. The van der Waals surface area contributed by atoms with Crippen molar-refractivity contribution < 1.29 is 39.2 Å². The van der Waals surface area contributed by atoms with Gasteiger partial charge >= 0.3 is 5.97 Å². The lowest BCUT2D eigenvalue weighted by Gasteiger charge is -2.37. The normalized spacial score (nSPS) is 20.8. The molecule has 0 spiro atoms. The van der Waals surface area contributed by atoms with Crippen molar-refractivity contribution in [2.75, 3.05) is 65.6 Å². The summed E-state index contributed by atoms with van der Waals surface area (Å²) in [7, 11) is 0. The van der Waals surface area contributed by atoms with Gasteiger partial charge in [0, 0.05) is 68.6 Å². The molecule has 3 saturated heterocycles. The molecule has 4 aromatic carbocycles. The van der Waals surface area contributed by atoms with Gasteiger partial charge in [-0.1, -0.05) is 78.9 Å². The quantitative estimate of drug-likeness (QED) is 0.0556. The molecule has 4 heterocycles. The fourth-order valence-corrected chi connectivity index (χ4v) is 11.6. The van der Waals surface area contributed by atoms with Crippen LogP contribution in [0.4, 0.5) is 0 Å². The van der Waals surface area contributed by atoms with Crippen LogP contribution >= 0.6 is 0 Å². The number of esters is 1. The van der Waals surface area contributed by atoms with Crippen LogP contribution in [0, 0.1) is 29.6 Å². The lowest BCUT2D eigenvalue weighted by atomic mass is 9.79. The number of phenolic OH excluding ortho intramolecular Hbond substituents is 1. The first kappa shape index (κ1) is 51.8. The number of amides is 2. The molecule has 9 rings (SSSR count). The number of carbonyl (C=O) groups excluding carboxylic acids is 3. The maximum atomic E-state index is 14.0. The number of likely N-dealkylation sites (tertiary alicyclic amines) is 3. The van der Waals surface area contributed by atoms with Crippen molar-refractivity contribution in [3.63, 3.8) is 0 Å². The van der Waals surface area contributed by atoms with Gasteiger partial charge in [-0.3, -0.25) is 19.3 Å². The highest BCUT2D eigenvalue weighted by Crippen LogP contribution is 2.36. The Hall–Kier alpha value is -6.06. The van der Waals surface area contributed by atoms with Crippen molar-refractivity contribution in [1.29, 1.82) is 0 Å². The van der Waals surface area contributed by atoms with Crippen molar-refractivity contribution >= 4 is 28.7 Å².